The van der Waals surface area contributed by atoms with E-state index in [0.29, 0.717) is 5.56 Å². The molecule has 0 saturated heterocycles. The molecule has 0 radical (unpaired) electrons. The number of hydrogen-bond acceptors (Lipinski definition) is 3. The highest BCUT2D eigenvalue weighted by Gasteiger charge is 2.17. The number of amides is 1. The molecule has 142 valence electrons. The normalized spacial score (nSPS) is 13.8. The number of hydrogen-bond donors (Lipinski definition) is 1. The van der Waals surface area contributed by atoms with Crippen molar-refractivity contribution in [1.82, 2.24) is 9.88 Å². The van der Waals surface area contributed by atoms with Crippen LogP contribution in [0.25, 0.3) is 0 Å². The van der Waals surface area contributed by atoms with E-state index in [9.17, 15) is 9.18 Å². The zero-order chi connectivity index (χ0) is 19.3. The summed E-state index contributed by atoms with van der Waals surface area (Å²) in [5, 5.41) is 2.90. The number of nitrogens with one attached hydrogen (secondary N) is 1. The van der Waals surface area contributed by atoms with E-state index in [1.807, 2.05) is 24.4 Å². The molecule has 0 aliphatic carbocycles. The van der Waals surface area contributed by atoms with Gasteiger partial charge in [0.25, 0.3) is 0 Å². The fraction of sp³-hybridized carbons (Fsp3) is 0.217. The summed E-state index contributed by atoms with van der Waals surface area (Å²) in [6.45, 7) is 2.69. The number of anilines is 1. The second-order valence-corrected chi connectivity index (χ2v) is 7.12. The highest BCUT2D eigenvalue weighted by atomic mass is 19.1. The molecule has 1 N–H and O–H groups in total. The van der Waals surface area contributed by atoms with Crippen LogP contribution in [0.5, 0.6) is 0 Å². The SMILES string of the molecule is O=C(Cc1ccccc1F)Nc1ccc2c(c1)CN(Cc1cccnc1)CC2. The first kappa shape index (κ1) is 18.3. The van der Waals surface area contributed by atoms with Gasteiger partial charge >= 0.3 is 0 Å². The maximum atomic E-state index is 13.7. The molecule has 3 aromatic rings. The van der Waals surface area contributed by atoms with Gasteiger partial charge in [0.2, 0.25) is 5.91 Å². The van der Waals surface area contributed by atoms with Crippen molar-refractivity contribution < 1.29 is 9.18 Å². The van der Waals surface area contributed by atoms with Crippen molar-refractivity contribution in [3.05, 3.63) is 95.1 Å². The molecular weight excluding hydrogens is 353 g/mol. The zero-order valence-corrected chi connectivity index (χ0v) is 15.6. The topological polar surface area (TPSA) is 45.2 Å². The summed E-state index contributed by atoms with van der Waals surface area (Å²) in [7, 11) is 0. The van der Waals surface area contributed by atoms with E-state index in [4.69, 9.17) is 0 Å². The summed E-state index contributed by atoms with van der Waals surface area (Å²) in [4.78, 5) is 18.9. The van der Waals surface area contributed by atoms with Gasteiger partial charge in [0.15, 0.2) is 0 Å². The first-order valence-corrected chi connectivity index (χ1v) is 9.44. The van der Waals surface area contributed by atoms with Crippen LogP contribution in [-0.2, 0) is 30.7 Å². The lowest BCUT2D eigenvalue weighted by Gasteiger charge is -2.29. The van der Waals surface area contributed by atoms with Crippen molar-refractivity contribution in [2.75, 3.05) is 11.9 Å². The van der Waals surface area contributed by atoms with E-state index in [2.05, 4.69) is 27.3 Å². The summed E-state index contributed by atoms with van der Waals surface area (Å²) in [5.74, 6) is -0.567. The fourth-order valence-electron chi connectivity index (χ4n) is 3.60. The summed E-state index contributed by atoms with van der Waals surface area (Å²) in [6, 6.07) is 16.4. The van der Waals surface area contributed by atoms with E-state index in [-0.39, 0.29) is 18.1 Å². The Kier molecular flexibility index (Phi) is 5.44. The van der Waals surface area contributed by atoms with Crippen molar-refractivity contribution in [2.24, 2.45) is 0 Å². The van der Waals surface area contributed by atoms with Crippen LogP contribution in [0, 0.1) is 5.82 Å². The monoisotopic (exact) mass is 375 g/mol. The Bertz CT molecular complexity index is 975. The third-order valence-corrected chi connectivity index (χ3v) is 5.02. The molecule has 0 fully saturated rings. The third kappa shape index (κ3) is 4.43. The number of fused-ring (bicyclic) bond motifs is 1. The van der Waals surface area contributed by atoms with Crippen LogP contribution >= 0.6 is 0 Å². The van der Waals surface area contributed by atoms with Crippen LogP contribution in [0.1, 0.15) is 22.3 Å². The van der Waals surface area contributed by atoms with Gasteiger partial charge < -0.3 is 5.32 Å². The summed E-state index contributed by atoms with van der Waals surface area (Å²) in [5.41, 5.74) is 4.89. The maximum Gasteiger partial charge on any atom is 0.228 e. The average Bonchev–Trinajstić information content (AvgIpc) is 2.70. The predicted octanol–water partition coefficient (Wildman–Crippen LogP) is 3.96. The molecule has 0 atom stereocenters. The van der Waals surface area contributed by atoms with Crippen LogP contribution in [0.2, 0.25) is 0 Å². The molecule has 1 aliphatic rings. The quantitative estimate of drug-likeness (QED) is 0.734. The Morgan fingerprint density at radius 2 is 2.00 bits per heavy atom. The van der Waals surface area contributed by atoms with E-state index in [1.54, 1.807) is 24.4 Å². The lowest BCUT2D eigenvalue weighted by atomic mass is 9.98. The average molecular weight is 375 g/mol. The Balaban J connectivity index is 1.41. The summed E-state index contributed by atoms with van der Waals surface area (Å²) >= 11 is 0. The Morgan fingerprint density at radius 3 is 2.82 bits per heavy atom. The largest absolute Gasteiger partial charge is 0.326 e. The van der Waals surface area contributed by atoms with Gasteiger partial charge in [0.1, 0.15) is 5.82 Å². The number of halogens is 1. The highest BCUT2D eigenvalue weighted by Crippen LogP contribution is 2.24. The molecule has 0 unspecified atom stereocenters. The molecule has 0 bridgehead atoms. The maximum absolute atomic E-state index is 13.7. The Morgan fingerprint density at radius 1 is 1.11 bits per heavy atom. The first-order chi connectivity index (χ1) is 13.7. The molecule has 1 aliphatic heterocycles. The van der Waals surface area contributed by atoms with E-state index in [0.717, 1.165) is 31.7 Å². The summed E-state index contributed by atoms with van der Waals surface area (Å²) in [6.07, 6.45) is 4.69. The minimum Gasteiger partial charge on any atom is -0.326 e. The molecule has 28 heavy (non-hydrogen) atoms. The van der Waals surface area contributed by atoms with Crippen LogP contribution in [-0.4, -0.2) is 22.3 Å². The molecule has 4 rings (SSSR count). The first-order valence-electron chi connectivity index (χ1n) is 9.44. The standard InChI is InChI=1S/C23H22FN3O/c24-22-6-2-1-5-19(22)13-23(28)26-21-8-7-18-9-11-27(16-20(18)12-21)15-17-4-3-10-25-14-17/h1-8,10,12,14H,9,11,13,15-16H2,(H,26,28). The molecule has 4 nitrogen and oxygen atoms in total. The predicted molar refractivity (Wildman–Crippen MR) is 107 cm³/mol. The number of carbonyl (C=O) groups excluding carboxylic acids is 1. The summed E-state index contributed by atoms with van der Waals surface area (Å²) < 4.78 is 13.7. The zero-order valence-electron chi connectivity index (χ0n) is 15.6. The molecule has 2 aromatic carbocycles. The van der Waals surface area contributed by atoms with E-state index >= 15 is 0 Å². The van der Waals surface area contributed by atoms with Crippen molar-refractivity contribution >= 4 is 11.6 Å². The number of rotatable bonds is 5. The molecule has 1 aromatic heterocycles. The highest BCUT2D eigenvalue weighted by molar-refractivity contribution is 5.92. The minimum absolute atomic E-state index is 0.0247. The van der Waals surface area contributed by atoms with Gasteiger partial charge in [-0.2, -0.15) is 0 Å². The molecule has 0 saturated carbocycles. The number of benzene rings is 2. The van der Waals surface area contributed by atoms with Crippen LogP contribution in [0.3, 0.4) is 0 Å². The third-order valence-electron chi connectivity index (χ3n) is 5.02. The van der Waals surface area contributed by atoms with Crippen LogP contribution in [0.4, 0.5) is 10.1 Å². The molecule has 5 heteroatoms. The van der Waals surface area contributed by atoms with Gasteiger partial charge in [-0.25, -0.2) is 4.39 Å². The number of pyridine rings is 1. The molecule has 2 heterocycles. The number of nitrogens with zero attached hydrogens (tertiary/aromatic N) is 2. The fourth-order valence-corrected chi connectivity index (χ4v) is 3.60. The number of aromatic nitrogens is 1. The van der Waals surface area contributed by atoms with Crippen LogP contribution < -0.4 is 5.32 Å². The molecule has 1 amide bonds. The van der Waals surface area contributed by atoms with Gasteiger partial charge in [-0.05, 0) is 52.9 Å². The smallest absolute Gasteiger partial charge is 0.228 e. The number of carbonyl (C=O) groups is 1. The van der Waals surface area contributed by atoms with Crippen molar-refractivity contribution in [2.45, 2.75) is 25.9 Å². The van der Waals surface area contributed by atoms with Gasteiger partial charge in [0, 0.05) is 37.7 Å². The lowest BCUT2D eigenvalue weighted by molar-refractivity contribution is -0.115. The van der Waals surface area contributed by atoms with Crippen molar-refractivity contribution in [3.63, 3.8) is 0 Å². The second kappa shape index (κ2) is 8.31. The molecular formula is C23H22FN3O. The van der Waals surface area contributed by atoms with Gasteiger partial charge in [-0.3, -0.25) is 14.7 Å². The van der Waals surface area contributed by atoms with Gasteiger partial charge in [0.05, 0.1) is 6.42 Å². The van der Waals surface area contributed by atoms with Crippen LogP contribution in [0.15, 0.2) is 67.0 Å². The van der Waals surface area contributed by atoms with Gasteiger partial charge in [-0.15, -0.1) is 0 Å². The Hall–Kier alpha value is -3.05. The van der Waals surface area contributed by atoms with E-state index < -0.39 is 0 Å². The van der Waals surface area contributed by atoms with E-state index in [1.165, 1.54) is 22.8 Å². The lowest BCUT2D eigenvalue weighted by Crippen LogP contribution is -2.30. The van der Waals surface area contributed by atoms with Crippen molar-refractivity contribution in [3.8, 4) is 0 Å². The van der Waals surface area contributed by atoms with Crippen molar-refractivity contribution in [1.29, 1.82) is 0 Å². The van der Waals surface area contributed by atoms with Gasteiger partial charge in [-0.1, -0.05) is 30.3 Å². The molecule has 0 spiro atoms. The minimum atomic E-state index is -0.353. The Labute approximate surface area is 164 Å². The second-order valence-electron chi connectivity index (χ2n) is 7.12.